The molecule has 1 amide bonds. The summed E-state index contributed by atoms with van der Waals surface area (Å²) in [4.78, 5) is 12.0. The summed E-state index contributed by atoms with van der Waals surface area (Å²) in [5.74, 6) is 1.85. The van der Waals surface area contributed by atoms with Gasteiger partial charge in [-0.05, 0) is 73.4 Å². The molecule has 0 radical (unpaired) electrons. The average Bonchev–Trinajstić information content (AvgIpc) is 3.20. The van der Waals surface area contributed by atoms with Crippen molar-refractivity contribution in [1.29, 1.82) is 0 Å². The minimum Gasteiger partial charge on any atom is -0.497 e. The lowest BCUT2D eigenvalue weighted by molar-refractivity contribution is -0.121. The van der Waals surface area contributed by atoms with Gasteiger partial charge in [-0.15, -0.1) is 0 Å². The molecule has 1 aromatic heterocycles. The van der Waals surface area contributed by atoms with Crippen LogP contribution in [0.5, 0.6) is 5.75 Å². The maximum atomic E-state index is 12.0. The van der Waals surface area contributed by atoms with Gasteiger partial charge in [-0.25, -0.2) is 5.43 Å². The second-order valence-electron chi connectivity index (χ2n) is 6.77. The molecule has 0 fully saturated rings. The van der Waals surface area contributed by atoms with Crippen LogP contribution in [-0.2, 0) is 11.2 Å². The second kappa shape index (κ2) is 10.3. The molecule has 0 spiro atoms. The van der Waals surface area contributed by atoms with E-state index in [1.54, 1.807) is 31.4 Å². The maximum Gasteiger partial charge on any atom is 0.240 e. The van der Waals surface area contributed by atoms with Crippen molar-refractivity contribution in [1.82, 2.24) is 5.43 Å². The summed E-state index contributed by atoms with van der Waals surface area (Å²) in [6.07, 6.45) is 3.40. The van der Waals surface area contributed by atoms with Crippen molar-refractivity contribution in [2.24, 2.45) is 5.10 Å². The molecule has 0 unspecified atom stereocenters. The SMILES string of the molecule is COc1ccc(CCCC(=O)N/N=C\c2ccc(-c3ccc(Cl)c(Cl)c3)o2)c(C)c1. The number of nitrogens with one attached hydrogen (secondary N) is 1. The van der Waals surface area contributed by atoms with Crippen molar-refractivity contribution in [2.75, 3.05) is 7.11 Å². The highest BCUT2D eigenvalue weighted by Crippen LogP contribution is 2.29. The molecule has 0 aliphatic carbocycles. The third-order valence-corrected chi connectivity index (χ3v) is 5.35. The van der Waals surface area contributed by atoms with Gasteiger partial charge in [-0.1, -0.05) is 29.3 Å². The number of halogens is 2. The summed E-state index contributed by atoms with van der Waals surface area (Å²) in [6.45, 7) is 2.04. The largest absolute Gasteiger partial charge is 0.497 e. The molecule has 0 atom stereocenters. The first kappa shape index (κ1) is 21.9. The van der Waals surface area contributed by atoms with Crippen LogP contribution in [0.15, 0.2) is 58.0 Å². The van der Waals surface area contributed by atoms with Crippen LogP contribution in [0.1, 0.15) is 29.7 Å². The van der Waals surface area contributed by atoms with Crippen molar-refractivity contribution < 1.29 is 13.9 Å². The van der Waals surface area contributed by atoms with Gasteiger partial charge in [0.2, 0.25) is 5.91 Å². The van der Waals surface area contributed by atoms with E-state index in [2.05, 4.69) is 10.5 Å². The molecule has 0 saturated carbocycles. The first-order valence-corrected chi connectivity index (χ1v) is 10.2. The highest BCUT2D eigenvalue weighted by atomic mass is 35.5. The van der Waals surface area contributed by atoms with Gasteiger partial charge in [0.05, 0.1) is 23.4 Å². The summed E-state index contributed by atoms with van der Waals surface area (Å²) in [7, 11) is 1.65. The minimum atomic E-state index is -0.145. The normalized spacial score (nSPS) is 11.1. The van der Waals surface area contributed by atoms with Gasteiger partial charge in [0.15, 0.2) is 0 Å². The fourth-order valence-corrected chi connectivity index (χ4v) is 3.26. The van der Waals surface area contributed by atoms with Gasteiger partial charge >= 0.3 is 0 Å². The number of hydrazone groups is 1. The fourth-order valence-electron chi connectivity index (χ4n) is 2.97. The van der Waals surface area contributed by atoms with Crippen LogP contribution in [0.3, 0.4) is 0 Å². The first-order chi connectivity index (χ1) is 14.5. The zero-order valence-corrected chi connectivity index (χ0v) is 18.3. The molecule has 2 aromatic carbocycles. The molecule has 1 N–H and O–H groups in total. The Morgan fingerprint density at radius 3 is 2.70 bits per heavy atom. The van der Waals surface area contributed by atoms with Gasteiger partial charge in [0.25, 0.3) is 0 Å². The summed E-state index contributed by atoms with van der Waals surface area (Å²) in [5, 5.41) is 4.91. The Bertz CT molecular complexity index is 1060. The number of furan rings is 1. The van der Waals surface area contributed by atoms with E-state index in [4.69, 9.17) is 32.4 Å². The molecule has 7 heteroatoms. The van der Waals surface area contributed by atoms with Crippen LogP contribution in [0.2, 0.25) is 10.0 Å². The first-order valence-electron chi connectivity index (χ1n) is 9.47. The third-order valence-electron chi connectivity index (χ3n) is 4.61. The van der Waals surface area contributed by atoms with Crippen molar-refractivity contribution in [3.8, 4) is 17.1 Å². The van der Waals surface area contributed by atoms with Gasteiger partial charge in [-0.3, -0.25) is 4.79 Å². The van der Waals surface area contributed by atoms with Crippen LogP contribution in [0.25, 0.3) is 11.3 Å². The smallest absolute Gasteiger partial charge is 0.240 e. The molecule has 0 aliphatic heterocycles. The highest BCUT2D eigenvalue weighted by Gasteiger charge is 2.07. The zero-order chi connectivity index (χ0) is 21.5. The van der Waals surface area contributed by atoms with Crippen molar-refractivity contribution in [2.45, 2.75) is 26.2 Å². The molecule has 5 nitrogen and oxygen atoms in total. The third kappa shape index (κ3) is 5.88. The molecule has 1 heterocycles. The maximum absolute atomic E-state index is 12.0. The Hall–Kier alpha value is -2.76. The summed E-state index contributed by atoms with van der Waals surface area (Å²) in [6, 6.07) is 14.8. The van der Waals surface area contributed by atoms with E-state index in [-0.39, 0.29) is 5.91 Å². The molecular weight excluding hydrogens is 423 g/mol. The van der Waals surface area contributed by atoms with Crippen LogP contribution in [-0.4, -0.2) is 19.2 Å². The number of nitrogens with zero attached hydrogens (tertiary/aromatic N) is 1. The quantitative estimate of drug-likeness (QED) is 0.340. The number of methoxy groups -OCH3 is 1. The lowest BCUT2D eigenvalue weighted by Gasteiger charge is -2.07. The van der Waals surface area contributed by atoms with Crippen molar-refractivity contribution >= 4 is 35.3 Å². The topological polar surface area (TPSA) is 63.8 Å². The van der Waals surface area contributed by atoms with Gasteiger partial charge in [0, 0.05) is 12.0 Å². The van der Waals surface area contributed by atoms with E-state index >= 15 is 0 Å². The Balaban J connectivity index is 1.47. The molecule has 3 aromatic rings. The molecule has 3 rings (SSSR count). The number of aryl methyl sites for hydroxylation is 2. The summed E-state index contributed by atoms with van der Waals surface area (Å²) >= 11 is 12.0. The van der Waals surface area contributed by atoms with E-state index in [1.807, 2.05) is 31.2 Å². The Morgan fingerprint density at radius 1 is 1.13 bits per heavy atom. The average molecular weight is 445 g/mol. The molecule has 0 aliphatic rings. The second-order valence-corrected chi connectivity index (χ2v) is 7.58. The van der Waals surface area contributed by atoms with E-state index < -0.39 is 0 Å². The molecule has 156 valence electrons. The van der Waals surface area contributed by atoms with Gasteiger partial charge in [-0.2, -0.15) is 5.10 Å². The zero-order valence-electron chi connectivity index (χ0n) is 16.7. The number of carbonyl (C=O) groups excluding carboxylic acids is 1. The van der Waals surface area contributed by atoms with Gasteiger partial charge < -0.3 is 9.15 Å². The standard InChI is InChI=1S/C23H22Cl2N2O3/c1-15-12-18(29-2)8-6-16(15)4-3-5-23(28)27-26-14-19-9-11-22(30-19)17-7-10-20(24)21(25)13-17/h6-14H,3-5H2,1-2H3,(H,27,28)/b26-14-. The number of hydrogen-bond donors (Lipinski definition) is 1. The fraction of sp³-hybridized carbons (Fsp3) is 0.217. The molecule has 30 heavy (non-hydrogen) atoms. The Kier molecular flexibility index (Phi) is 7.55. The number of carbonyl (C=O) groups is 1. The molecular formula is C23H22Cl2N2O3. The predicted octanol–water partition coefficient (Wildman–Crippen LogP) is 6.04. The van der Waals surface area contributed by atoms with Crippen LogP contribution in [0, 0.1) is 6.92 Å². The van der Waals surface area contributed by atoms with Crippen LogP contribution in [0.4, 0.5) is 0 Å². The summed E-state index contributed by atoms with van der Waals surface area (Å²) < 4.78 is 10.9. The number of amides is 1. The van der Waals surface area contributed by atoms with E-state index in [1.165, 1.54) is 11.8 Å². The van der Waals surface area contributed by atoms with E-state index in [0.29, 0.717) is 28.0 Å². The Labute approximate surface area is 185 Å². The van der Waals surface area contributed by atoms with E-state index in [9.17, 15) is 4.79 Å². The van der Waals surface area contributed by atoms with Gasteiger partial charge in [0.1, 0.15) is 17.3 Å². The van der Waals surface area contributed by atoms with Crippen molar-refractivity contribution in [3.05, 3.63) is 75.5 Å². The minimum absolute atomic E-state index is 0.145. The molecule has 0 saturated heterocycles. The number of benzene rings is 2. The summed E-state index contributed by atoms with van der Waals surface area (Å²) in [5.41, 5.74) is 5.70. The van der Waals surface area contributed by atoms with E-state index in [0.717, 1.165) is 29.7 Å². The van der Waals surface area contributed by atoms with Crippen molar-refractivity contribution in [3.63, 3.8) is 0 Å². The number of ether oxygens (including phenoxy) is 1. The lowest BCUT2D eigenvalue weighted by Crippen LogP contribution is -2.17. The Morgan fingerprint density at radius 2 is 1.97 bits per heavy atom. The molecule has 0 bridgehead atoms. The lowest BCUT2D eigenvalue weighted by atomic mass is 10.0. The van der Waals surface area contributed by atoms with Crippen LogP contribution < -0.4 is 10.2 Å². The predicted molar refractivity (Wildman–Crippen MR) is 121 cm³/mol. The number of hydrogen-bond acceptors (Lipinski definition) is 4. The number of rotatable bonds is 8. The monoisotopic (exact) mass is 444 g/mol. The van der Waals surface area contributed by atoms with Crippen LogP contribution >= 0.6 is 23.2 Å². The highest BCUT2D eigenvalue weighted by molar-refractivity contribution is 6.42.